The molecule has 12 rings (SSSR count). The van der Waals surface area contributed by atoms with E-state index in [1.165, 1.54) is 49.2 Å². The van der Waals surface area contributed by atoms with Crippen molar-refractivity contribution in [2.45, 2.75) is 0 Å². The molecule has 5 nitrogen and oxygen atoms in total. The lowest BCUT2D eigenvalue weighted by Gasteiger charge is -2.13. The average Bonchev–Trinajstić information content (AvgIpc) is 3.87. The summed E-state index contributed by atoms with van der Waals surface area (Å²) in [5.74, 6) is 0. The van der Waals surface area contributed by atoms with Gasteiger partial charge in [-0.15, -0.1) is 0 Å². The molecular formula is C57H37N5. The Morgan fingerprint density at radius 3 is 1.19 bits per heavy atom. The number of pyridine rings is 3. The summed E-state index contributed by atoms with van der Waals surface area (Å²) in [6.45, 7) is 0. The lowest BCUT2D eigenvalue weighted by atomic mass is 9.97. The Hall–Kier alpha value is -8.41. The molecule has 5 heteroatoms. The molecule has 0 saturated heterocycles. The van der Waals surface area contributed by atoms with E-state index in [1.807, 2.05) is 36.4 Å². The van der Waals surface area contributed by atoms with Crippen molar-refractivity contribution in [1.29, 1.82) is 0 Å². The molecule has 0 amide bonds. The predicted octanol–water partition coefficient (Wildman–Crippen LogP) is 14.4. The summed E-state index contributed by atoms with van der Waals surface area (Å²) in [5, 5.41) is 4.97. The van der Waals surface area contributed by atoms with E-state index in [0.29, 0.717) is 0 Å². The maximum absolute atomic E-state index is 5.00. The van der Waals surface area contributed by atoms with Gasteiger partial charge in [0.15, 0.2) is 0 Å². The highest BCUT2D eigenvalue weighted by Crippen LogP contribution is 2.38. The lowest BCUT2D eigenvalue weighted by molar-refractivity contribution is 1.18. The second-order valence-corrected chi connectivity index (χ2v) is 15.7. The third-order valence-corrected chi connectivity index (χ3v) is 12.0. The zero-order chi connectivity index (χ0) is 41.0. The van der Waals surface area contributed by atoms with E-state index in [2.05, 4.69) is 195 Å². The minimum Gasteiger partial charge on any atom is -0.309 e. The minimum absolute atomic E-state index is 0.806. The van der Waals surface area contributed by atoms with Crippen LogP contribution in [0.3, 0.4) is 0 Å². The van der Waals surface area contributed by atoms with Gasteiger partial charge in [-0.1, -0.05) is 121 Å². The van der Waals surface area contributed by atoms with Crippen LogP contribution in [0, 0.1) is 0 Å². The molecule has 0 spiro atoms. The summed E-state index contributed by atoms with van der Waals surface area (Å²) >= 11 is 0. The smallest absolute Gasteiger partial charge is 0.0900 e. The standard InChI is InChI=1S/C57H37N5/c1-4-25-54-46(20-1)47-21-2-5-26-55(47)61(54)44-18-13-17-41(34-44)42-28-29-49-48-22-3-6-27-56(48)62(57(49)37-42)45-19-12-16-40(33-45)38-14-11-15-39(32-38)43-35-52(50-23-7-9-30-58-50)60-53(36-43)51-24-8-10-31-59-51/h1-37H. The van der Waals surface area contributed by atoms with Gasteiger partial charge in [-0.25, -0.2) is 4.98 Å². The van der Waals surface area contributed by atoms with Crippen molar-refractivity contribution in [2.75, 3.05) is 0 Å². The molecule has 62 heavy (non-hydrogen) atoms. The molecule has 0 radical (unpaired) electrons. The number of nitrogens with zero attached hydrogens (tertiary/aromatic N) is 5. The van der Waals surface area contributed by atoms with Crippen molar-refractivity contribution >= 4 is 43.6 Å². The molecular weight excluding hydrogens is 755 g/mol. The first-order valence-corrected chi connectivity index (χ1v) is 20.9. The van der Waals surface area contributed by atoms with Crippen LogP contribution >= 0.6 is 0 Å². The predicted molar refractivity (Wildman–Crippen MR) is 256 cm³/mol. The molecule has 0 aliphatic carbocycles. The summed E-state index contributed by atoms with van der Waals surface area (Å²) in [6.07, 6.45) is 3.61. The van der Waals surface area contributed by atoms with E-state index >= 15 is 0 Å². The second kappa shape index (κ2) is 14.7. The molecule has 12 aromatic rings. The summed E-state index contributed by atoms with van der Waals surface area (Å²) < 4.78 is 4.80. The first-order chi connectivity index (χ1) is 30.7. The number of hydrogen-bond acceptors (Lipinski definition) is 3. The molecule has 0 aliphatic heterocycles. The van der Waals surface area contributed by atoms with Crippen LogP contribution in [-0.4, -0.2) is 24.1 Å². The third-order valence-electron chi connectivity index (χ3n) is 12.0. The highest BCUT2D eigenvalue weighted by atomic mass is 15.0. The zero-order valence-electron chi connectivity index (χ0n) is 33.6. The van der Waals surface area contributed by atoms with Crippen LogP contribution in [0.1, 0.15) is 0 Å². The molecule has 5 heterocycles. The van der Waals surface area contributed by atoms with Gasteiger partial charge in [0.2, 0.25) is 0 Å². The summed E-state index contributed by atoms with van der Waals surface area (Å²) in [6, 6.07) is 75.7. The quantitative estimate of drug-likeness (QED) is 0.162. The van der Waals surface area contributed by atoms with E-state index in [1.54, 1.807) is 12.4 Å². The molecule has 7 aromatic carbocycles. The fourth-order valence-corrected chi connectivity index (χ4v) is 9.14. The number of hydrogen-bond donors (Lipinski definition) is 0. The Labute approximate surface area is 358 Å². The molecule has 0 aliphatic rings. The maximum atomic E-state index is 5.00. The van der Waals surface area contributed by atoms with Crippen molar-refractivity contribution in [2.24, 2.45) is 0 Å². The second-order valence-electron chi connectivity index (χ2n) is 15.7. The molecule has 0 unspecified atom stereocenters. The minimum atomic E-state index is 0.806. The van der Waals surface area contributed by atoms with Gasteiger partial charge in [0.1, 0.15) is 0 Å². The Morgan fingerprint density at radius 2 is 0.677 bits per heavy atom. The fourth-order valence-electron chi connectivity index (χ4n) is 9.14. The highest BCUT2D eigenvalue weighted by molar-refractivity contribution is 6.11. The third kappa shape index (κ3) is 6.06. The normalized spacial score (nSPS) is 11.5. The van der Waals surface area contributed by atoms with E-state index in [4.69, 9.17) is 4.98 Å². The van der Waals surface area contributed by atoms with Gasteiger partial charge in [-0.2, -0.15) is 0 Å². The first kappa shape index (κ1) is 35.5. The van der Waals surface area contributed by atoms with Crippen molar-refractivity contribution < 1.29 is 0 Å². The van der Waals surface area contributed by atoms with Crippen molar-refractivity contribution in [3.8, 4) is 67.5 Å². The molecule has 0 bridgehead atoms. The number of para-hydroxylation sites is 3. The molecule has 5 aromatic heterocycles. The number of aromatic nitrogens is 5. The summed E-state index contributed by atoms with van der Waals surface area (Å²) in [7, 11) is 0. The molecule has 0 atom stereocenters. The van der Waals surface area contributed by atoms with Crippen LogP contribution in [0.5, 0.6) is 0 Å². The van der Waals surface area contributed by atoms with Crippen molar-refractivity contribution in [1.82, 2.24) is 24.1 Å². The maximum Gasteiger partial charge on any atom is 0.0900 e. The topological polar surface area (TPSA) is 48.5 Å². The van der Waals surface area contributed by atoms with Crippen LogP contribution in [-0.2, 0) is 0 Å². The highest BCUT2D eigenvalue weighted by Gasteiger charge is 2.17. The Morgan fingerprint density at radius 1 is 0.258 bits per heavy atom. The Balaban J connectivity index is 0.961. The molecule has 0 fully saturated rings. The van der Waals surface area contributed by atoms with Gasteiger partial charge in [0, 0.05) is 45.3 Å². The van der Waals surface area contributed by atoms with E-state index in [9.17, 15) is 0 Å². The van der Waals surface area contributed by atoms with E-state index < -0.39 is 0 Å². The van der Waals surface area contributed by atoms with Crippen LogP contribution < -0.4 is 0 Å². The van der Waals surface area contributed by atoms with E-state index in [-0.39, 0.29) is 0 Å². The number of rotatable bonds is 7. The first-order valence-electron chi connectivity index (χ1n) is 20.9. The van der Waals surface area contributed by atoms with Crippen LogP contribution in [0.2, 0.25) is 0 Å². The van der Waals surface area contributed by atoms with E-state index in [0.717, 1.165) is 61.9 Å². The fraction of sp³-hybridized carbons (Fsp3) is 0. The van der Waals surface area contributed by atoms with Crippen LogP contribution in [0.25, 0.3) is 111 Å². The number of benzene rings is 7. The lowest BCUT2D eigenvalue weighted by Crippen LogP contribution is -1.96. The molecule has 290 valence electrons. The largest absolute Gasteiger partial charge is 0.309 e. The Bertz CT molecular complexity index is 3530. The van der Waals surface area contributed by atoms with Gasteiger partial charge in [0.25, 0.3) is 0 Å². The zero-order valence-corrected chi connectivity index (χ0v) is 33.6. The molecule has 0 N–H and O–H groups in total. The van der Waals surface area contributed by atoms with Gasteiger partial charge in [-0.3, -0.25) is 9.97 Å². The van der Waals surface area contributed by atoms with Crippen LogP contribution in [0.15, 0.2) is 225 Å². The average molecular weight is 792 g/mol. The van der Waals surface area contributed by atoms with Gasteiger partial charge >= 0.3 is 0 Å². The SMILES string of the molecule is c1ccc(-c2cc(-c3cccc(-c4cccc(-n5c6ccccc6c6ccc(-c7cccc(-n8c9ccccc9c9ccccc98)c7)cc65)c4)c3)cc(-c3ccccn3)n2)nc1. The van der Waals surface area contributed by atoms with Crippen molar-refractivity contribution in [3.05, 3.63) is 225 Å². The molecule has 0 saturated carbocycles. The summed E-state index contributed by atoms with van der Waals surface area (Å²) in [5.41, 5.74) is 17.0. The number of fused-ring (bicyclic) bond motifs is 6. The van der Waals surface area contributed by atoms with Crippen molar-refractivity contribution in [3.63, 3.8) is 0 Å². The van der Waals surface area contributed by atoms with Gasteiger partial charge in [0.05, 0.1) is 44.8 Å². The Kier molecular flexibility index (Phi) is 8.42. The van der Waals surface area contributed by atoms with Gasteiger partial charge in [-0.05, 0) is 124 Å². The van der Waals surface area contributed by atoms with Crippen LogP contribution in [0.4, 0.5) is 0 Å². The van der Waals surface area contributed by atoms with Gasteiger partial charge < -0.3 is 9.13 Å². The summed E-state index contributed by atoms with van der Waals surface area (Å²) in [4.78, 5) is 14.3. The monoisotopic (exact) mass is 791 g/mol.